The highest BCUT2D eigenvalue weighted by Crippen LogP contribution is 2.33. The lowest BCUT2D eigenvalue weighted by Crippen LogP contribution is -2.18. The van der Waals surface area contributed by atoms with Crippen molar-refractivity contribution in [2.75, 3.05) is 17.2 Å². The van der Waals surface area contributed by atoms with Gasteiger partial charge in [-0.3, -0.25) is 19.7 Å². The molecule has 2 heterocycles. The zero-order valence-corrected chi connectivity index (χ0v) is 22.3. The van der Waals surface area contributed by atoms with Crippen molar-refractivity contribution < 1.29 is 14.4 Å². The fraction of sp³-hybridized carbons (Fsp3) is 0.103. The number of aromatic nitrogens is 2. The molecule has 5 rings (SSSR count). The molecule has 0 spiro atoms. The molecule has 2 amide bonds. The van der Waals surface area contributed by atoms with Crippen LogP contribution in [0.3, 0.4) is 0 Å². The van der Waals surface area contributed by atoms with Crippen molar-refractivity contribution in [1.29, 1.82) is 0 Å². The zero-order valence-electron chi connectivity index (χ0n) is 20.7. The quantitative estimate of drug-likeness (QED) is 0.186. The Balaban J connectivity index is 1.37. The van der Waals surface area contributed by atoms with Gasteiger partial charge in [-0.05, 0) is 36.4 Å². The molecule has 0 unspecified atom stereocenters. The predicted molar refractivity (Wildman–Crippen MR) is 156 cm³/mol. The van der Waals surface area contributed by atoms with Crippen LogP contribution in [0.25, 0.3) is 21.5 Å². The number of imidazole rings is 1. The number of nitrogens with two attached hydrogens (primary N) is 1. The van der Waals surface area contributed by atoms with E-state index in [1.807, 2.05) is 54.6 Å². The average Bonchev–Trinajstić information content (AvgIpc) is 3.56. The Bertz CT molecular complexity index is 1680. The maximum Gasteiger partial charge on any atom is 0.268 e. The van der Waals surface area contributed by atoms with Crippen molar-refractivity contribution in [2.45, 2.75) is 13.0 Å². The van der Waals surface area contributed by atoms with Crippen LogP contribution >= 0.6 is 22.9 Å². The second kappa shape index (κ2) is 11.5. The van der Waals surface area contributed by atoms with Gasteiger partial charge < -0.3 is 15.6 Å². The van der Waals surface area contributed by atoms with Gasteiger partial charge in [-0.15, -0.1) is 11.3 Å². The number of hydrogen-bond acceptors (Lipinski definition) is 6. The summed E-state index contributed by atoms with van der Waals surface area (Å²) in [6.07, 6.45) is 0.0789. The Kier molecular flexibility index (Phi) is 7.72. The van der Waals surface area contributed by atoms with E-state index in [-0.39, 0.29) is 31.2 Å². The van der Waals surface area contributed by atoms with E-state index in [2.05, 4.69) is 15.6 Å². The molecule has 10 heteroatoms. The molecule has 8 nitrogen and oxygen atoms in total. The number of nitrogens with zero attached hydrogens (tertiary/aromatic N) is 2. The van der Waals surface area contributed by atoms with Gasteiger partial charge in [0.15, 0.2) is 5.78 Å². The molecule has 5 aromatic rings. The lowest BCUT2D eigenvalue weighted by Gasteiger charge is -2.09. The largest absolute Gasteiger partial charge is 0.378 e. The highest BCUT2D eigenvalue weighted by Gasteiger charge is 2.18. The number of thiophene rings is 1. The SMILES string of the molecule is NC(=O)CCn1c(NC(=O)c2ccc(-c3ccccc3Cl)s2)nc2cc(NCC(=O)c3ccccc3)ccc21. The third kappa shape index (κ3) is 6.00. The summed E-state index contributed by atoms with van der Waals surface area (Å²) < 4.78 is 1.75. The Morgan fingerprint density at radius 1 is 0.949 bits per heavy atom. The minimum absolute atomic E-state index is 0.0391. The van der Waals surface area contributed by atoms with Gasteiger partial charge in [0, 0.05) is 39.7 Å². The van der Waals surface area contributed by atoms with Crippen molar-refractivity contribution in [3.63, 3.8) is 0 Å². The molecule has 4 N–H and O–H groups in total. The smallest absolute Gasteiger partial charge is 0.268 e. The van der Waals surface area contributed by atoms with Gasteiger partial charge in [0.2, 0.25) is 11.9 Å². The summed E-state index contributed by atoms with van der Waals surface area (Å²) in [4.78, 5) is 43.1. The van der Waals surface area contributed by atoms with Gasteiger partial charge in [0.05, 0.1) is 22.5 Å². The van der Waals surface area contributed by atoms with Crippen molar-refractivity contribution in [3.05, 3.63) is 100 Å². The van der Waals surface area contributed by atoms with Crippen LogP contribution in [0.1, 0.15) is 26.5 Å². The molecular formula is C29H24ClN5O3S. The molecule has 0 aliphatic carbocycles. The van der Waals surface area contributed by atoms with Crippen LogP contribution in [-0.4, -0.2) is 33.7 Å². The van der Waals surface area contributed by atoms with Crippen LogP contribution in [0, 0.1) is 0 Å². The first-order valence-electron chi connectivity index (χ1n) is 12.2. The second-order valence-corrected chi connectivity index (χ2v) is 10.2. The molecule has 3 aromatic carbocycles. The van der Waals surface area contributed by atoms with Crippen molar-refractivity contribution in [3.8, 4) is 10.4 Å². The van der Waals surface area contributed by atoms with Crippen molar-refractivity contribution in [2.24, 2.45) is 5.73 Å². The number of Topliss-reactive ketones (excluding diaryl/α,β-unsaturated/α-hetero) is 1. The molecule has 0 aliphatic heterocycles. The van der Waals surface area contributed by atoms with Crippen LogP contribution in [0.2, 0.25) is 5.02 Å². The fourth-order valence-corrected chi connectivity index (χ4v) is 5.36. The molecule has 196 valence electrons. The number of rotatable bonds is 10. The summed E-state index contributed by atoms with van der Waals surface area (Å²) in [6.45, 7) is 0.365. The van der Waals surface area contributed by atoms with Crippen LogP contribution in [0.15, 0.2) is 84.9 Å². The van der Waals surface area contributed by atoms with E-state index in [0.717, 1.165) is 16.0 Å². The lowest BCUT2D eigenvalue weighted by molar-refractivity contribution is -0.118. The van der Waals surface area contributed by atoms with Crippen LogP contribution < -0.4 is 16.4 Å². The minimum Gasteiger partial charge on any atom is -0.378 e. The molecule has 0 saturated heterocycles. The standard InChI is InChI=1S/C29H24ClN5O3S/c30-21-9-5-4-8-20(21)25-12-13-26(39-25)28(38)34-29-33-22-16-19(10-11-23(22)35(29)15-14-27(31)37)32-17-24(36)18-6-2-1-3-7-18/h1-13,16,32H,14-15,17H2,(H2,31,37)(H,33,34,38). The maximum absolute atomic E-state index is 13.2. The Morgan fingerprint density at radius 3 is 2.49 bits per heavy atom. The molecule has 39 heavy (non-hydrogen) atoms. The second-order valence-electron chi connectivity index (χ2n) is 8.75. The number of carbonyl (C=O) groups is 3. The van der Waals surface area contributed by atoms with Crippen LogP contribution in [0.5, 0.6) is 0 Å². The normalized spacial score (nSPS) is 10.9. The lowest BCUT2D eigenvalue weighted by atomic mass is 10.1. The number of hydrogen-bond donors (Lipinski definition) is 3. The number of aryl methyl sites for hydroxylation is 1. The molecule has 0 fully saturated rings. The third-order valence-corrected chi connectivity index (χ3v) is 7.52. The third-order valence-electron chi connectivity index (χ3n) is 6.07. The molecule has 0 aliphatic rings. The summed E-state index contributed by atoms with van der Waals surface area (Å²) in [5.41, 5.74) is 8.88. The number of fused-ring (bicyclic) bond motifs is 1. The molecule has 0 atom stereocenters. The van der Waals surface area contributed by atoms with Gasteiger partial charge >= 0.3 is 0 Å². The van der Waals surface area contributed by atoms with E-state index in [4.69, 9.17) is 17.3 Å². The zero-order chi connectivity index (χ0) is 27.4. The molecule has 0 saturated carbocycles. The first kappa shape index (κ1) is 26.1. The molecular weight excluding hydrogens is 534 g/mol. The van der Waals surface area contributed by atoms with Crippen molar-refractivity contribution in [1.82, 2.24) is 9.55 Å². The Morgan fingerprint density at radius 2 is 1.72 bits per heavy atom. The maximum atomic E-state index is 13.2. The number of amides is 2. The molecule has 2 aromatic heterocycles. The minimum atomic E-state index is -0.463. The van der Waals surface area contributed by atoms with Crippen LogP contribution in [-0.2, 0) is 11.3 Å². The summed E-state index contributed by atoms with van der Waals surface area (Å²) in [6, 6.07) is 25.5. The summed E-state index contributed by atoms with van der Waals surface area (Å²) in [5.74, 6) is -0.542. The summed E-state index contributed by atoms with van der Waals surface area (Å²) in [5, 5.41) is 6.61. The van der Waals surface area contributed by atoms with Crippen LogP contribution in [0.4, 0.5) is 11.6 Å². The number of benzene rings is 3. The van der Waals surface area contributed by atoms with Gasteiger partial charge in [0.25, 0.3) is 5.91 Å². The number of carbonyl (C=O) groups excluding carboxylic acids is 3. The predicted octanol–water partition coefficient (Wildman–Crippen LogP) is 5.84. The van der Waals surface area contributed by atoms with Gasteiger partial charge in [-0.2, -0.15) is 0 Å². The fourth-order valence-electron chi connectivity index (χ4n) is 4.12. The van der Waals surface area contributed by atoms with E-state index in [0.29, 0.717) is 32.6 Å². The Labute approximate surface area is 233 Å². The Hall–Kier alpha value is -4.47. The van der Waals surface area contributed by atoms with E-state index < -0.39 is 5.91 Å². The summed E-state index contributed by atoms with van der Waals surface area (Å²) >= 11 is 7.64. The van der Waals surface area contributed by atoms with E-state index in [9.17, 15) is 14.4 Å². The highest BCUT2D eigenvalue weighted by molar-refractivity contribution is 7.17. The average molecular weight is 558 g/mol. The van der Waals surface area contributed by atoms with Gasteiger partial charge in [0.1, 0.15) is 0 Å². The van der Waals surface area contributed by atoms with E-state index >= 15 is 0 Å². The van der Waals surface area contributed by atoms with Gasteiger partial charge in [-0.25, -0.2) is 4.98 Å². The number of ketones is 1. The first-order chi connectivity index (χ1) is 18.9. The number of primary amides is 1. The summed E-state index contributed by atoms with van der Waals surface area (Å²) in [7, 11) is 0. The van der Waals surface area contributed by atoms with E-state index in [1.165, 1.54) is 11.3 Å². The topological polar surface area (TPSA) is 119 Å². The highest BCUT2D eigenvalue weighted by atomic mass is 35.5. The van der Waals surface area contributed by atoms with E-state index in [1.54, 1.807) is 34.9 Å². The number of nitrogens with one attached hydrogen (secondary N) is 2. The molecule has 0 bridgehead atoms. The molecule has 0 radical (unpaired) electrons. The number of anilines is 2. The number of halogens is 1. The van der Waals surface area contributed by atoms with Gasteiger partial charge in [-0.1, -0.05) is 60.1 Å². The first-order valence-corrected chi connectivity index (χ1v) is 13.4. The monoisotopic (exact) mass is 557 g/mol. The van der Waals surface area contributed by atoms with Crippen molar-refractivity contribution >= 4 is 63.2 Å².